The molecule has 0 fully saturated rings. The number of nitrogens with zero attached hydrogens (tertiary/aromatic N) is 1. The highest BCUT2D eigenvalue weighted by molar-refractivity contribution is 5.85. The molecule has 0 heterocycles. The van der Waals surface area contributed by atoms with Crippen molar-refractivity contribution in [2.24, 2.45) is 0 Å². The Hall–Kier alpha value is -1.82. The molecule has 0 spiro atoms. The van der Waals surface area contributed by atoms with Gasteiger partial charge >= 0.3 is 0 Å². The third kappa shape index (κ3) is 7.20. The molecule has 0 aromatic heterocycles. The minimum absolute atomic E-state index is 0. The van der Waals surface area contributed by atoms with Crippen LogP contribution in [0.1, 0.15) is 23.6 Å². The maximum Gasteiger partial charge on any atom is 0.220 e. The Morgan fingerprint density at radius 1 is 1.12 bits per heavy atom. The van der Waals surface area contributed by atoms with Gasteiger partial charge in [-0.25, -0.2) is 4.39 Å². The smallest absolute Gasteiger partial charge is 0.220 e. The van der Waals surface area contributed by atoms with Crippen molar-refractivity contribution in [3.63, 3.8) is 0 Å². The molecule has 1 unspecified atom stereocenters. The number of anilines is 1. The molecular weight excluding hydrogens is 376 g/mol. The van der Waals surface area contributed by atoms with Gasteiger partial charge in [0.25, 0.3) is 0 Å². The predicted octanol–water partition coefficient (Wildman–Crippen LogP) is 3.60. The van der Waals surface area contributed by atoms with Gasteiger partial charge in [0.05, 0.1) is 6.04 Å². The van der Waals surface area contributed by atoms with Crippen LogP contribution in [0.2, 0.25) is 0 Å². The maximum absolute atomic E-state index is 13.1. The maximum atomic E-state index is 13.1. The molecule has 3 N–H and O–H groups in total. The first kappa shape index (κ1) is 24.2. The molecule has 0 aliphatic rings. The lowest BCUT2D eigenvalue weighted by molar-refractivity contribution is -0.121. The molecule has 0 aliphatic heterocycles. The standard InChI is InChI=1S/C19H24FN3O.2ClH/c1-23(2)18(15-7-10-16(20)11-8-15)13-22-19(24)12-9-14-5-3-4-6-17(14)21;;/h3-8,10-11,18H,9,12-13,21H2,1-2H3,(H,22,24);2*1H. The van der Waals surface area contributed by atoms with E-state index in [4.69, 9.17) is 5.73 Å². The number of carbonyl (C=O) groups is 1. The first-order chi connectivity index (χ1) is 11.5. The summed E-state index contributed by atoms with van der Waals surface area (Å²) in [5, 5.41) is 2.95. The molecular formula is C19H26Cl2FN3O. The lowest BCUT2D eigenvalue weighted by atomic mass is 10.1. The number of nitrogens with two attached hydrogens (primary N) is 1. The average molecular weight is 402 g/mol. The quantitative estimate of drug-likeness (QED) is 0.696. The number of aryl methyl sites for hydroxylation is 1. The van der Waals surface area contributed by atoms with Crippen molar-refractivity contribution < 1.29 is 9.18 Å². The normalized spacial score (nSPS) is 11.2. The number of amides is 1. The van der Waals surface area contributed by atoms with E-state index >= 15 is 0 Å². The van der Waals surface area contributed by atoms with Gasteiger partial charge in [-0.05, 0) is 49.8 Å². The average Bonchev–Trinajstić information content (AvgIpc) is 2.55. The number of halogens is 3. The van der Waals surface area contributed by atoms with E-state index in [0.717, 1.165) is 11.1 Å². The fourth-order valence-corrected chi connectivity index (χ4v) is 2.59. The number of hydrogen-bond acceptors (Lipinski definition) is 3. The molecule has 2 rings (SSSR count). The van der Waals surface area contributed by atoms with Crippen LogP contribution in [0.25, 0.3) is 0 Å². The Bertz CT molecular complexity index is 681. The Morgan fingerprint density at radius 2 is 1.73 bits per heavy atom. The van der Waals surface area contributed by atoms with E-state index in [9.17, 15) is 9.18 Å². The van der Waals surface area contributed by atoms with E-state index in [2.05, 4.69) is 5.32 Å². The molecule has 1 amide bonds. The van der Waals surface area contributed by atoms with Crippen molar-refractivity contribution >= 4 is 36.4 Å². The van der Waals surface area contributed by atoms with Crippen LogP contribution in [-0.2, 0) is 11.2 Å². The largest absolute Gasteiger partial charge is 0.399 e. The summed E-state index contributed by atoms with van der Waals surface area (Å²) in [6.45, 7) is 0.474. The van der Waals surface area contributed by atoms with Crippen molar-refractivity contribution in [1.29, 1.82) is 0 Å². The lowest BCUT2D eigenvalue weighted by Gasteiger charge is -2.25. The van der Waals surface area contributed by atoms with Crippen molar-refractivity contribution in [3.05, 3.63) is 65.5 Å². The van der Waals surface area contributed by atoms with E-state index in [0.29, 0.717) is 25.1 Å². The SMILES string of the molecule is CN(C)C(CNC(=O)CCc1ccccc1N)c1ccc(F)cc1.Cl.Cl. The van der Waals surface area contributed by atoms with E-state index in [1.807, 2.05) is 43.3 Å². The predicted molar refractivity (Wildman–Crippen MR) is 110 cm³/mol. The van der Waals surface area contributed by atoms with Gasteiger partial charge in [-0.2, -0.15) is 0 Å². The van der Waals surface area contributed by atoms with Gasteiger partial charge in [0.2, 0.25) is 5.91 Å². The van der Waals surface area contributed by atoms with Crippen LogP contribution in [-0.4, -0.2) is 31.4 Å². The number of nitrogens with one attached hydrogen (secondary N) is 1. The number of benzene rings is 2. The van der Waals surface area contributed by atoms with Gasteiger partial charge < -0.3 is 16.0 Å². The Morgan fingerprint density at radius 3 is 2.31 bits per heavy atom. The second-order valence-corrected chi connectivity index (χ2v) is 6.03. The van der Waals surface area contributed by atoms with E-state index in [1.54, 1.807) is 12.1 Å². The highest BCUT2D eigenvalue weighted by Gasteiger charge is 2.15. The second kappa shape index (κ2) is 11.7. The summed E-state index contributed by atoms with van der Waals surface area (Å²) >= 11 is 0. The van der Waals surface area contributed by atoms with Crippen molar-refractivity contribution in [2.45, 2.75) is 18.9 Å². The Balaban J connectivity index is 0.00000312. The van der Waals surface area contributed by atoms with Gasteiger partial charge in [0, 0.05) is 18.7 Å². The third-order valence-corrected chi connectivity index (χ3v) is 4.05. The highest BCUT2D eigenvalue weighted by atomic mass is 35.5. The molecule has 4 nitrogen and oxygen atoms in total. The van der Waals surface area contributed by atoms with Crippen LogP contribution in [0.15, 0.2) is 48.5 Å². The van der Waals surface area contributed by atoms with Crippen LogP contribution in [0.3, 0.4) is 0 Å². The fourth-order valence-electron chi connectivity index (χ4n) is 2.59. The number of carbonyl (C=O) groups excluding carboxylic acids is 1. The summed E-state index contributed by atoms with van der Waals surface area (Å²) < 4.78 is 13.1. The molecule has 0 aliphatic carbocycles. The van der Waals surface area contributed by atoms with E-state index in [-0.39, 0.29) is 42.6 Å². The number of nitrogen functional groups attached to an aromatic ring is 1. The van der Waals surface area contributed by atoms with Gasteiger partial charge in [0.15, 0.2) is 0 Å². The van der Waals surface area contributed by atoms with Crippen molar-refractivity contribution in [3.8, 4) is 0 Å². The monoisotopic (exact) mass is 401 g/mol. The van der Waals surface area contributed by atoms with Crippen LogP contribution in [0.5, 0.6) is 0 Å². The molecule has 26 heavy (non-hydrogen) atoms. The zero-order valence-electron chi connectivity index (χ0n) is 14.9. The summed E-state index contributed by atoms with van der Waals surface area (Å²) in [5.74, 6) is -0.284. The summed E-state index contributed by atoms with van der Waals surface area (Å²) in [7, 11) is 3.87. The number of rotatable bonds is 7. The zero-order valence-corrected chi connectivity index (χ0v) is 16.6. The Kier molecular flexibility index (Phi) is 10.9. The molecule has 2 aromatic rings. The van der Waals surface area contributed by atoms with E-state index < -0.39 is 0 Å². The first-order valence-corrected chi connectivity index (χ1v) is 7.99. The fraction of sp³-hybridized carbons (Fsp3) is 0.316. The van der Waals surface area contributed by atoms with Crippen molar-refractivity contribution in [2.75, 3.05) is 26.4 Å². The van der Waals surface area contributed by atoms with Crippen LogP contribution < -0.4 is 11.1 Å². The molecule has 144 valence electrons. The van der Waals surface area contributed by atoms with Gasteiger partial charge in [-0.3, -0.25) is 4.79 Å². The van der Waals surface area contributed by atoms with Gasteiger partial charge in [-0.1, -0.05) is 30.3 Å². The summed E-state index contributed by atoms with van der Waals surface area (Å²) in [4.78, 5) is 14.1. The van der Waals surface area contributed by atoms with Gasteiger partial charge in [0.1, 0.15) is 5.82 Å². The first-order valence-electron chi connectivity index (χ1n) is 7.99. The molecule has 0 saturated heterocycles. The topological polar surface area (TPSA) is 58.4 Å². The lowest BCUT2D eigenvalue weighted by Crippen LogP contribution is -2.34. The molecule has 0 bridgehead atoms. The summed E-state index contributed by atoms with van der Waals surface area (Å²) in [6, 6.07) is 13.9. The minimum Gasteiger partial charge on any atom is -0.399 e. The molecule has 0 saturated carbocycles. The van der Waals surface area contributed by atoms with Gasteiger partial charge in [-0.15, -0.1) is 24.8 Å². The third-order valence-electron chi connectivity index (χ3n) is 4.05. The molecule has 7 heteroatoms. The summed E-state index contributed by atoms with van der Waals surface area (Å²) in [5.41, 5.74) is 8.55. The van der Waals surface area contributed by atoms with Crippen LogP contribution in [0.4, 0.5) is 10.1 Å². The highest BCUT2D eigenvalue weighted by Crippen LogP contribution is 2.18. The second-order valence-electron chi connectivity index (χ2n) is 6.03. The number of para-hydroxylation sites is 1. The number of likely N-dealkylation sites (N-methyl/N-ethyl adjacent to an activating group) is 1. The molecule has 2 aromatic carbocycles. The van der Waals surface area contributed by atoms with Crippen LogP contribution >= 0.6 is 24.8 Å². The molecule has 1 atom stereocenters. The van der Waals surface area contributed by atoms with Crippen LogP contribution in [0, 0.1) is 5.82 Å². The minimum atomic E-state index is -0.263. The van der Waals surface area contributed by atoms with Crippen molar-refractivity contribution in [1.82, 2.24) is 10.2 Å². The Labute approximate surface area is 166 Å². The number of hydrogen-bond donors (Lipinski definition) is 2. The summed E-state index contributed by atoms with van der Waals surface area (Å²) in [6.07, 6.45) is 0.999. The zero-order chi connectivity index (χ0) is 17.5. The molecule has 0 radical (unpaired) electrons. The van der Waals surface area contributed by atoms with E-state index in [1.165, 1.54) is 12.1 Å².